The lowest BCUT2D eigenvalue weighted by atomic mass is 10.1. The number of aromatic nitrogens is 4. The lowest BCUT2D eigenvalue weighted by molar-refractivity contribution is -0.141. The molecule has 1 aliphatic rings. The zero-order chi connectivity index (χ0) is 23.2. The van der Waals surface area contributed by atoms with Crippen LogP contribution in [0, 0.1) is 6.92 Å². The van der Waals surface area contributed by atoms with Gasteiger partial charge in [-0.3, -0.25) is 9.59 Å². The fourth-order valence-corrected chi connectivity index (χ4v) is 3.04. The van der Waals surface area contributed by atoms with E-state index in [4.69, 9.17) is 4.74 Å². The van der Waals surface area contributed by atoms with E-state index in [1.54, 1.807) is 37.3 Å². The summed E-state index contributed by atoms with van der Waals surface area (Å²) < 4.78 is 6.47. The number of benzene rings is 2. The van der Waals surface area contributed by atoms with Gasteiger partial charge in [0.05, 0.1) is 11.3 Å². The van der Waals surface area contributed by atoms with Gasteiger partial charge in [-0.25, -0.2) is 4.79 Å². The second-order valence-corrected chi connectivity index (χ2v) is 7.50. The van der Waals surface area contributed by atoms with Crippen LogP contribution in [0.3, 0.4) is 0 Å². The Kier molecular flexibility index (Phi) is 6.53. The number of esters is 1. The summed E-state index contributed by atoms with van der Waals surface area (Å²) in [6.07, 6.45) is 3.48. The molecule has 1 heterocycles. The summed E-state index contributed by atoms with van der Waals surface area (Å²) in [6, 6.07) is 16.0. The molecule has 0 unspecified atom stereocenters. The molecule has 1 aliphatic carbocycles. The van der Waals surface area contributed by atoms with Crippen molar-refractivity contribution in [3.63, 3.8) is 0 Å². The van der Waals surface area contributed by atoms with Crippen molar-refractivity contribution in [3.05, 3.63) is 71.5 Å². The maximum atomic E-state index is 12.8. The first kappa shape index (κ1) is 21.9. The van der Waals surface area contributed by atoms with Crippen LogP contribution in [0.4, 0.5) is 5.69 Å². The molecule has 2 amide bonds. The SMILES string of the molecule is Cc1nnnn1/C(=C/c1ccccc1)C(=O)OCC(=O)Nc1ccccc1C(=O)NC1CC1. The van der Waals surface area contributed by atoms with Gasteiger partial charge >= 0.3 is 5.97 Å². The quantitative estimate of drug-likeness (QED) is 0.400. The summed E-state index contributed by atoms with van der Waals surface area (Å²) in [5, 5.41) is 16.7. The lowest BCUT2D eigenvalue weighted by Gasteiger charge is -2.12. The largest absolute Gasteiger partial charge is 0.451 e. The number of amides is 2. The van der Waals surface area contributed by atoms with E-state index in [0.29, 0.717) is 17.1 Å². The molecule has 0 bridgehead atoms. The summed E-state index contributed by atoms with van der Waals surface area (Å²) in [7, 11) is 0. The molecular formula is C23H22N6O4. The number of aryl methyl sites for hydroxylation is 1. The third kappa shape index (κ3) is 5.67. The van der Waals surface area contributed by atoms with Crippen LogP contribution in [0.15, 0.2) is 54.6 Å². The van der Waals surface area contributed by atoms with E-state index < -0.39 is 18.5 Å². The van der Waals surface area contributed by atoms with E-state index in [9.17, 15) is 14.4 Å². The van der Waals surface area contributed by atoms with Crippen molar-refractivity contribution in [2.45, 2.75) is 25.8 Å². The molecular weight excluding hydrogens is 424 g/mol. The molecule has 33 heavy (non-hydrogen) atoms. The fourth-order valence-electron chi connectivity index (χ4n) is 3.04. The van der Waals surface area contributed by atoms with Crippen LogP contribution < -0.4 is 10.6 Å². The lowest BCUT2D eigenvalue weighted by Crippen LogP contribution is -2.28. The van der Waals surface area contributed by atoms with E-state index in [0.717, 1.165) is 18.4 Å². The highest BCUT2D eigenvalue weighted by molar-refractivity contribution is 6.16. The molecule has 0 saturated heterocycles. The number of nitrogens with one attached hydrogen (secondary N) is 2. The van der Waals surface area contributed by atoms with Gasteiger partial charge in [0, 0.05) is 6.04 Å². The number of tetrazole rings is 1. The van der Waals surface area contributed by atoms with Gasteiger partial charge in [-0.1, -0.05) is 42.5 Å². The average Bonchev–Trinajstić information content (AvgIpc) is 3.54. The minimum Gasteiger partial charge on any atom is -0.451 e. The Balaban J connectivity index is 1.44. The second-order valence-electron chi connectivity index (χ2n) is 7.50. The standard InChI is InChI=1S/C23H22N6O4/c1-15-26-27-28-29(15)20(13-16-7-3-2-4-8-16)23(32)33-14-21(30)25-19-10-6-5-9-18(19)22(31)24-17-11-12-17/h2-10,13,17H,11-12,14H2,1H3,(H,24,31)(H,25,30)/b20-13+. The maximum absolute atomic E-state index is 12.8. The van der Waals surface area contributed by atoms with Crippen LogP contribution in [0.2, 0.25) is 0 Å². The Labute approximate surface area is 189 Å². The van der Waals surface area contributed by atoms with Crippen LogP contribution in [0.25, 0.3) is 11.8 Å². The molecule has 1 fully saturated rings. The summed E-state index contributed by atoms with van der Waals surface area (Å²) in [4.78, 5) is 37.7. The third-order valence-corrected chi connectivity index (χ3v) is 4.86. The van der Waals surface area contributed by atoms with E-state index in [-0.39, 0.29) is 17.6 Å². The molecule has 3 aromatic rings. The van der Waals surface area contributed by atoms with E-state index in [2.05, 4.69) is 26.2 Å². The first-order valence-electron chi connectivity index (χ1n) is 10.4. The van der Waals surface area contributed by atoms with Gasteiger partial charge < -0.3 is 15.4 Å². The Morgan fingerprint density at radius 1 is 1.09 bits per heavy atom. The third-order valence-electron chi connectivity index (χ3n) is 4.86. The van der Waals surface area contributed by atoms with E-state index in [1.807, 2.05) is 30.3 Å². The molecule has 168 valence electrons. The van der Waals surface area contributed by atoms with Gasteiger partial charge in [-0.2, -0.15) is 4.68 Å². The number of rotatable bonds is 8. The molecule has 10 nitrogen and oxygen atoms in total. The summed E-state index contributed by atoms with van der Waals surface area (Å²) >= 11 is 0. The monoisotopic (exact) mass is 446 g/mol. The Morgan fingerprint density at radius 3 is 2.52 bits per heavy atom. The van der Waals surface area contributed by atoms with Gasteiger partial charge in [0.15, 0.2) is 18.1 Å². The highest BCUT2D eigenvalue weighted by Crippen LogP contribution is 2.21. The normalized spacial score (nSPS) is 13.3. The van der Waals surface area contributed by atoms with Crippen molar-refractivity contribution < 1.29 is 19.1 Å². The van der Waals surface area contributed by atoms with Crippen molar-refractivity contribution in [2.24, 2.45) is 0 Å². The van der Waals surface area contributed by atoms with Crippen LogP contribution in [0.5, 0.6) is 0 Å². The number of nitrogens with zero attached hydrogens (tertiary/aromatic N) is 4. The summed E-state index contributed by atoms with van der Waals surface area (Å²) in [5.41, 5.74) is 1.48. The summed E-state index contributed by atoms with van der Waals surface area (Å²) in [6.45, 7) is 1.09. The fraction of sp³-hybridized carbons (Fsp3) is 0.217. The zero-order valence-corrected chi connectivity index (χ0v) is 17.9. The molecule has 0 radical (unpaired) electrons. The number of ether oxygens (including phenoxy) is 1. The number of carbonyl (C=O) groups excluding carboxylic acids is 3. The molecule has 1 aromatic heterocycles. The van der Waals surface area contributed by atoms with Crippen molar-refractivity contribution in [1.29, 1.82) is 0 Å². The predicted octanol–water partition coefficient (Wildman–Crippen LogP) is 2.05. The minimum atomic E-state index is -0.774. The van der Waals surface area contributed by atoms with Crippen LogP contribution in [0.1, 0.15) is 34.6 Å². The molecule has 4 rings (SSSR count). The number of carbonyl (C=O) groups is 3. The van der Waals surface area contributed by atoms with Crippen molar-refractivity contribution in [1.82, 2.24) is 25.5 Å². The number of anilines is 1. The topological polar surface area (TPSA) is 128 Å². The predicted molar refractivity (Wildman–Crippen MR) is 120 cm³/mol. The van der Waals surface area contributed by atoms with E-state index in [1.165, 1.54) is 4.68 Å². The smallest absolute Gasteiger partial charge is 0.357 e. The molecule has 0 aliphatic heterocycles. The molecule has 1 saturated carbocycles. The molecule has 2 aromatic carbocycles. The van der Waals surface area contributed by atoms with Crippen LogP contribution in [-0.4, -0.2) is 50.6 Å². The first-order chi connectivity index (χ1) is 16.0. The molecule has 10 heteroatoms. The maximum Gasteiger partial charge on any atom is 0.357 e. The zero-order valence-electron chi connectivity index (χ0n) is 17.9. The second kappa shape index (κ2) is 9.86. The molecule has 2 N–H and O–H groups in total. The van der Waals surface area contributed by atoms with E-state index >= 15 is 0 Å². The first-order valence-corrected chi connectivity index (χ1v) is 10.4. The summed E-state index contributed by atoms with van der Waals surface area (Å²) in [5.74, 6) is -1.23. The van der Waals surface area contributed by atoms with Gasteiger partial charge in [0.1, 0.15) is 0 Å². The Bertz CT molecular complexity index is 1200. The van der Waals surface area contributed by atoms with Crippen molar-refractivity contribution >= 4 is 35.2 Å². The van der Waals surface area contributed by atoms with Gasteiger partial charge in [0.25, 0.3) is 11.8 Å². The Morgan fingerprint density at radius 2 is 1.82 bits per heavy atom. The van der Waals surface area contributed by atoms with Gasteiger partial charge in [0.2, 0.25) is 0 Å². The Hall–Kier alpha value is -4.34. The highest BCUT2D eigenvalue weighted by atomic mass is 16.5. The van der Waals surface area contributed by atoms with Crippen LogP contribution >= 0.6 is 0 Å². The number of hydrogen-bond donors (Lipinski definition) is 2. The van der Waals surface area contributed by atoms with Gasteiger partial charge in [-0.05, 0) is 54.0 Å². The minimum absolute atomic E-state index is 0.0562. The van der Waals surface area contributed by atoms with Crippen molar-refractivity contribution in [2.75, 3.05) is 11.9 Å². The van der Waals surface area contributed by atoms with Gasteiger partial charge in [-0.15, -0.1) is 5.10 Å². The molecule has 0 atom stereocenters. The number of hydrogen-bond acceptors (Lipinski definition) is 7. The van der Waals surface area contributed by atoms with Crippen molar-refractivity contribution in [3.8, 4) is 0 Å². The highest BCUT2D eigenvalue weighted by Gasteiger charge is 2.25. The molecule has 0 spiro atoms. The average molecular weight is 446 g/mol. The van der Waals surface area contributed by atoms with Crippen LogP contribution in [-0.2, 0) is 14.3 Å². The number of para-hydroxylation sites is 1.